The van der Waals surface area contributed by atoms with Crippen LogP contribution in [0.1, 0.15) is 5.56 Å². The monoisotopic (exact) mass is 501 g/mol. The first-order valence-corrected chi connectivity index (χ1v) is 10.5. The number of nitriles is 1. The number of halogens is 1. The third-order valence-electron chi connectivity index (χ3n) is 4.10. The van der Waals surface area contributed by atoms with Gasteiger partial charge in [0.2, 0.25) is 5.91 Å². The molecule has 1 aliphatic rings. The minimum absolute atomic E-state index is 0.129. The quantitative estimate of drug-likeness (QED) is 0.570. The van der Waals surface area contributed by atoms with E-state index in [1.54, 1.807) is 42.5 Å². The van der Waals surface area contributed by atoms with Crippen molar-refractivity contribution in [3.63, 3.8) is 0 Å². The number of nitrogens with one attached hydrogen (secondary N) is 1. The van der Waals surface area contributed by atoms with E-state index in [0.717, 1.165) is 16.7 Å². The summed E-state index contributed by atoms with van der Waals surface area (Å²) in [5.41, 5.74) is 1.14. The van der Waals surface area contributed by atoms with Crippen LogP contribution in [0.25, 0.3) is 6.08 Å². The minimum Gasteiger partial charge on any atom is -0.493 e. The summed E-state index contributed by atoms with van der Waals surface area (Å²) in [6.45, 7) is -0.524. The van der Waals surface area contributed by atoms with Gasteiger partial charge in [-0.25, -0.2) is 0 Å². The van der Waals surface area contributed by atoms with Gasteiger partial charge in [0, 0.05) is 4.47 Å². The van der Waals surface area contributed by atoms with E-state index in [1.165, 1.54) is 13.2 Å². The zero-order chi connectivity index (χ0) is 22.4. The maximum Gasteiger partial charge on any atom is 0.294 e. The van der Waals surface area contributed by atoms with Crippen molar-refractivity contribution >= 4 is 56.5 Å². The molecular formula is C21H16BrN3O5S. The van der Waals surface area contributed by atoms with Crippen molar-refractivity contribution in [2.75, 3.05) is 25.6 Å². The first-order valence-electron chi connectivity index (χ1n) is 8.90. The molecule has 0 radical (unpaired) electrons. The van der Waals surface area contributed by atoms with Crippen molar-refractivity contribution in [1.82, 2.24) is 4.90 Å². The van der Waals surface area contributed by atoms with Crippen LogP contribution in [-0.2, 0) is 9.59 Å². The lowest BCUT2D eigenvalue weighted by molar-refractivity contribution is -0.127. The van der Waals surface area contributed by atoms with E-state index >= 15 is 0 Å². The molecule has 158 valence electrons. The zero-order valence-corrected chi connectivity index (χ0v) is 18.7. The molecular weight excluding hydrogens is 486 g/mol. The van der Waals surface area contributed by atoms with Gasteiger partial charge in [0.15, 0.2) is 18.1 Å². The van der Waals surface area contributed by atoms with Gasteiger partial charge in [-0.05, 0) is 63.6 Å². The second-order valence-electron chi connectivity index (χ2n) is 6.15. The van der Waals surface area contributed by atoms with Crippen molar-refractivity contribution in [2.45, 2.75) is 0 Å². The number of ether oxygens (including phenoxy) is 2. The molecule has 1 aliphatic heterocycles. The van der Waals surface area contributed by atoms with Crippen molar-refractivity contribution < 1.29 is 23.9 Å². The molecule has 3 rings (SSSR count). The van der Waals surface area contributed by atoms with Gasteiger partial charge in [0.25, 0.3) is 11.1 Å². The molecule has 1 fully saturated rings. The first-order chi connectivity index (χ1) is 14.9. The molecule has 10 heteroatoms. The molecule has 0 spiro atoms. The van der Waals surface area contributed by atoms with Crippen LogP contribution < -0.4 is 14.8 Å². The fraction of sp³-hybridized carbons (Fsp3) is 0.143. The van der Waals surface area contributed by atoms with Gasteiger partial charge in [-0.1, -0.05) is 18.2 Å². The Hall–Kier alpha value is -3.29. The molecule has 31 heavy (non-hydrogen) atoms. The second-order valence-corrected chi connectivity index (χ2v) is 8.00. The number of hydrogen-bond donors (Lipinski definition) is 1. The number of methoxy groups -OCH3 is 1. The second kappa shape index (κ2) is 10.1. The summed E-state index contributed by atoms with van der Waals surface area (Å²) in [6.07, 6.45) is 1.53. The Bertz CT molecular complexity index is 1110. The number of para-hydroxylation sites is 1. The summed E-state index contributed by atoms with van der Waals surface area (Å²) in [7, 11) is 1.45. The van der Waals surface area contributed by atoms with Crippen LogP contribution in [0.3, 0.4) is 0 Å². The highest BCUT2D eigenvalue weighted by Crippen LogP contribution is 2.34. The molecule has 1 N–H and O–H groups in total. The number of rotatable bonds is 7. The Balaban J connectivity index is 1.72. The van der Waals surface area contributed by atoms with E-state index in [-0.39, 0.29) is 11.5 Å². The summed E-state index contributed by atoms with van der Waals surface area (Å²) >= 11 is 4.08. The molecule has 0 bridgehead atoms. The smallest absolute Gasteiger partial charge is 0.294 e. The Morgan fingerprint density at radius 1 is 1.26 bits per heavy atom. The van der Waals surface area contributed by atoms with Gasteiger partial charge in [0.05, 0.1) is 17.7 Å². The van der Waals surface area contributed by atoms with Gasteiger partial charge < -0.3 is 14.8 Å². The lowest BCUT2D eigenvalue weighted by Crippen LogP contribution is -2.36. The van der Waals surface area contributed by atoms with Crippen LogP contribution in [0.5, 0.6) is 11.5 Å². The molecule has 1 saturated heterocycles. The number of hydrogen-bond acceptors (Lipinski definition) is 7. The standard InChI is InChI=1S/C21H16BrN3O5S/c1-29-17-10-13(6-7-16(17)30-9-8-23)11-18-20(27)25(21(28)31-18)12-19(26)24-15-5-3-2-4-14(15)22/h2-7,10-11H,9,12H2,1H3,(H,24,26)/b18-11-. The summed E-state index contributed by atoms with van der Waals surface area (Å²) in [4.78, 5) is 38.4. The van der Waals surface area contributed by atoms with Crippen LogP contribution >= 0.6 is 27.7 Å². The number of nitrogens with zero attached hydrogens (tertiary/aromatic N) is 2. The van der Waals surface area contributed by atoms with E-state index < -0.39 is 23.6 Å². The van der Waals surface area contributed by atoms with Crippen molar-refractivity contribution in [1.29, 1.82) is 5.26 Å². The van der Waals surface area contributed by atoms with Crippen molar-refractivity contribution in [2.24, 2.45) is 0 Å². The molecule has 0 saturated carbocycles. The Morgan fingerprint density at radius 3 is 2.74 bits per heavy atom. The summed E-state index contributed by atoms with van der Waals surface area (Å²) in [5, 5.41) is 10.8. The lowest BCUT2D eigenvalue weighted by atomic mass is 10.2. The maximum atomic E-state index is 12.7. The van der Waals surface area contributed by atoms with E-state index in [1.807, 2.05) is 6.07 Å². The molecule has 3 amide bonds. The topological polar surface area (TPSA) is 109 Å². The normalized spacial score (nSPS) is 14.5. The number of carbonyl (C=O) groups excluding carboxylic acids is 3. The predicted octanol–water partition coefficient (Wildman–Crippen LogP) is 4.04. The molecule has 8 nitrogen and oxygen atoms in total. The van der Waals surface area contributed by atoms with Crippen molar-refractivity contribution in [3.05, 3.63) is 57.4 Å². The molecule has 2 aromatic carbocycles. The van der Waals surface area contributed by atoms with Crippen LogP contribution in [0.15, 0.2) is 51.8 Å². The van der Waals surface area contributed by atoms with Gasteiger partial charge in [-0.3, -0.25) is 19.3 Å². The van der Waals surface area contributed by atoms with E-state index in [9.17, 15) is 14.4 Å². The summed E-state index contributed by atoms with van der Waals surface area (Å²) in [5.74, 6) is -0.272. The highest BCUT2D eigenvalue weighted by molar-refractivity contribution is 9.10. The number of thioether (sulfide) groups is 1. The number of anilines is 1. The minimum atomic E-state index is -0.555. The highest BCUT2D eigenvalue weighted by Gasteiger charge is 2.36. The Labute approximate surface area is 190 Å². The van der Waals surface area contributed by atoms with Gasteiger partial charge in [-0.2, -0.15) is 5.26 Å². The van der Waals surface area contributed by atoms with E-state index in [2.05, 4.69) is 21.2 Å². The largest absolute Gasteiger partial charge is 0.493 e. The maximum absolute atomic E-state index is 12.7. The number of benzene rings is 2. The van der Waals surface area contributed by atoms with E-state index in [0.29, 0.717) is 27.2 Å². The summed E-state index contributed by atoms with van der Waals surface area (Å²) < 4.78 is 11.2. The Kier molecular flexibility index (Phi) is 7.33. The third-order valence-corrected chi connectivity index (χ3v) is 5.70. The number of imide groups is 1. The van der Waals surface area contributed by atoms with Gasteiger partial charge >= 0.3 is 0 Å². The van der Waals surface area contributed by atoms with Gasteiger partial charge in [-0.15, -0.1) is 0 Å². The Morgan fingerprint density at radius 2 is 2.03 bits per heavy atom. The first kappa shape index (κ1) is 22.4. The molecule has 0 atom stereocenters. The zero-order valence-electron chi connectivity index (χ0n) is 16.3. The fourth-order valence-electron chi connectivity index (χ4n) is 2.69. The van der Waals surface area contributed by atoms with Crippen LogP contribution in [-0.4, -0.2) is 42.2 Å². The van der Waals surface area contributed by atoms with Crippen LogP contribution in [0.2, 0.25) is 0 Å². The number of amides is 3. The van der Waals surface area contributed by atoms with Gasteiger partial charge in [0.1, 0.15) is 12.6 Å². The molecule has 2 aromatic rings. The molecule has 0 unspecified atom stereocenters. The molecule has 0 aliphatic carbocycles. The predicted molar refractivity (Wildman–Crippen MR) is 120 cm³/mol. The fourth-order valence-corrected chi connectivity index (χ4v) is 3.91. The average molecular weight is 502 g/mol. The SMILES string of the molecule is COc1cc(/C=C2\SC(=O)N(CC(=O)Nc3ccccc3Br)C2=O)ccc1OCC#N. The van der Waals surface area contributed by atoms with E-state index in [4.69, 9.17) is 14.7 Å². The summed E-state index contributed by atoms with van der Waals surface area (Å²) in [6, 6.07) is 13.8. The average Bonchev–Trinajstić information content (AvgIpc) is 3.01. The van der Waals surface area contributed by atoms with Crippen molar-refractivity contribution in [3.8, 4) is 17.6 Å². The number of carbonyl (C=O) groups is 3. The van der Waals surface area contributed by atoms with Crippen LogP contribution in [0.4, 0.5) is 10.5 Å². The highest BCUT2D eigenvalue weighted by atomic mass is 79.9. The third kappa shape index (κ3) is 5.45. The molecule has 0 aromatic heterocycles. The van der Waals surface area contributed by atoms with Crippen LogP contribution in [0, 0.1) is 11.3 Å². The lowest BCUT2D eigenvalue weighted by Gasteiger charge is -2.13. The molecule has 1 heterocycles.